The van der Waals surface area contributed by atoms with E-state index in [9.17, 15) is 9.59 Å². The molecule has 0 radical (unpaired) electrons. The first-order chi connectivity index (χ1) is 11.5. The van der Waals surface area contributed by atoms with E-state index in [0.29, 0.717) is 5.78 Å². The maximum atomic E-state index is 11.4. The number of hydrogen-bond donors (Lipinski definition) is 1. The number of ether oxygens (including phenoxy) is 1. The van der Waals surface area contributed by atoms with E-state index in [1.807, 2.05) is 27.7 Å². The zero-order valence-corrected chi connectivity index (χ0v) is 16.8. The average Bonchev–Trinajstić information content (AvgIpc) is 2.56. The highest BCUT2D eigenvalue weighted by atomic mass is 16.5. The van der Waals surface area contributed by atoms with Gasteiger partial charge in [0.05, 0.1) is 0 Å². The smallest absolute Gasteiger partial charge is 0.216 e. The number of hydrogen-bond acceptors (Lipinski definition) is 3. The molecule has 0 atom stereocenters. The minimum absolute atomic E-state index is 0.0574. The Morgan fingerprint density at radius 1 is 0.833 bits per heavy atom. The summed E-state index contributed by atoms with van der Waals surface area (Å²) in [7, 11) is 0. The van der Waals surface area contributed by atoms with Crippen molar-refractivity contribution in [3.05, 3.63) is 0 Å². The fourth-order valence-corrected chi connectivity index (χ4v) is 2.19. The summed E-state index contributed by atoms with van der Waals surface area (Å²) in [6.45, 7) is 11.9. The van der Waals surface area contributed by atoms with Crippen LogP contribution in [0.1, 0.15) is 92.4 Å². The zero-order valence-electron chi connectivity index (χ0n) is 16.8. The molecule has 0 aliphatic heterocycles. The predicted molar refractivity (Wildman–Crippen MR) is 102 cm³/mol. The lowest BCUT2D eigenvalue weighted by Gasteiger charge is -2.06. The molecule has 0 fully saturated rings. The minimum atomic E-state index is 0.0574. The third kappa shape index (κ3) is 21.1. The van der Waals surface area contributed by atoms with Crippen molar-refractivity contribution in [1.82, 2.24) is 5.32 Å². The Morgan fingerprint density at radius 2 is 1.33 bits per heavy atom. The van der Waals surface area contributed by atoms with Crippen LogP contribution in [0.15, 0.2) is 0 Å². The molecule has 0 rings (SSSR count). The molecule has 4 nitrogen and oxygen atoms in total. The largest absolute Gasteiger partial charge is 0.381 e. The van der Waals surface area contributed by atoms with Crippen LogP contribution in [0.3, 0.4) is 0 Å². The van der Waals surface area contributed by atoms with Crippen molar-refractivity contribution in [1.29, 1.82) is 0 Å². The Morgan fingerprint density at radius 3 is 1.88 bits per heavy atom. The van der Waals surface area contributed by atoms with Gasteiger partial charge in [-0.1, -0.05) is 53.4 Å². The molecule has 0 bridgehead atoms. The van der Waals surface area contributed by atoms with Gasteiger partial charge in [-0.3, -0.25) is 9.59 Å². The number of nitrogens with one attached hydrogen (secondary N) is 1. The first-order valence-corrected chi connectivity index (χ1v) is 9.89. The number of carbonyl (C=O) groups excluding carboxylic acids is 2. The van der Waals surface area contributed by atoms with Crippen molar-refractivity contribution < 1.29 is 14.3 Å². The third-order valence-corrected chi connectivity index (χ3v) is 3.70. The van der Waals surface area contributed by atoms with Gasteiger partial charge in [-0.05, 0) is 25.7 Å². The summed E-state index contributed by atoms with van der Waals surface area (Å²) in [5, 5.41) is 2.81. The molecule has 0 aromatic heterocycles. The van der Waals surface area contributed by atoms with Crippen LogP contribution in [-0.4, -0.2) is 31.4 Å². The van der Waals surface area contributed by atoms with E-state index >= 15 is 0 Å². The van der Waals surface area contributed by atoms with Crippen molar-refractivity contribution in [3.8, 4) is 0 Å². The van der Waals surface area contributed by atoms with E-state index in [1.54, 1.807) is 6.92 Å². The van der Waals surface area contributed by atoms with Gasteiger partial charge in [0.2, 0.25) is 5.91 Å². The molecule has 0 saturated heterocycles. The van der Waals surface area contributed by atoms with E-state index < -0.39 is 0 Å². The molecule has 0 aliphatic carbocycles. The maximum absolute atomic E-state index is 11.4. The molecule has 0 aromatic carbocycles. The minimum Gasteiger partial charge on any atom is -0.381 e. The van der Waals surface area contributed by atoms with Crippen LogP contribution in [0.25, 0.3) is 0 Å². The average molecular weight is 344 g/mol. The number of unbranched alkanes of at least 4 members (excludes halogenated alkanes) is 6. The molecule has 0 saturated carbocycles. The Balaban J connectivity index is 0. The lowest BCUT2D eigenvalue weighted by atomic mass is 10.0. The predicted octanol–water partition coefficient (Wildman–Crippen LogP) is 4.90. The van der Waals surface area contributed by atoms with Crippen LogP contribution in [0, 0.1) is 5.92 Å². The molecule has 0 heterocycles. The summed E-state index contributed by atoms with van der Waals surface area (Å²) in [6, 6.07) is 0. The lowest BCUT2D eigenvalue weighted by Crippen LogP contribution is -2.20. The monoisotopic (exact) mass is 343 g/mol. The standard InChI is InChI=1S/C18H35NO3.C2H6/c1-16(2)18(21)12-8-7-11-15-22-14-10-6-4-5-9-13-19-17(3)20;1-2/h16H,4-15H2,1-3H3,(H,19,20);1-2H3. The number of amides is 1. The first-order valence-electron chi connectivity index (χ1n) is 9.89. The number of ketones is 1. The Labute approximate surface area is 150 Å². The van der Waals surface area contributed by atoms with Gasteiger partial charge in [0.15, 0.2) is 0 Å². The Hall–Kier alpha value is -0.900. The Bertz CT molecular complexity index is 291. The summed E-state index contributed by atoms with van der Waals surface area (Å²) < 4.78 is 5.61. The van der Waals surface area contributed by atoms with Gasteiger partial charge in [0, 0.05) is 39.0 Å². The molecule has 144 valence electrons. The summed E-state index contributed by atoms with van der Waals surface area (Å²) >= 11 is 0. The maximum Gasteiger partial charge on any atom is 0.216 e. The van der Waals surface area contributed by atoms with Crippen molar-refractivity contribution in [2.45, 2.75) is 92.4 Å². The van der Waals surface area contributed by atoms with Crippen LogP contribution in [0.4, 0.5) is 0 Å². The summed E-state index contributed by atoms with van der Waals surface area (Å²) in [6.07, 6.45) is 9.61. The van der Waals surface area contributed by atoms with Gasteiger partial charge in [-0.25, -0.2) is 0 Å². The SMILES string of the molecule is CC.CC(=O)NCCCCCCCOCCCCCC(=O)C(C)C. The second-order valence-corrected chi connectivity index (χ2v) is 6.29. The molecule has 1 N–H and O–H groups in total. The number of carbonyl (C=O) groups is 2. The van der Waals surface area contributed by atoms with E-state index in [1.165, 1.54) is 19.3 Å². The molecule has 24 heavy (non-hydrogen) atoms. The zero-order chi connectivity index (χ0) is 18.6. The molecular formula is C20H41NO3. The van der Waals surface area contributed by atoms with E-state index in [-0.39, 0.29) is 11.8 Å². The quantitative estimate of drug-likeness (QED) is 0.430. The molecule has 1 amide bonds. The lowest BCUT2D eigenvalue weighted by molar-refractivity contribution is -0.122. The van der Waals surface area contributed by atoms with Gasteiger partial charge in [0.1, 0.15) is 5.78 Å². The second kappa shape index (κ2) is 20.1. The number of Topliss-reactive ketones (excluding diaryl/α,β-unsaturated/α-hetero) is 1. The number of rotatable bonds is 15. The molecular weight excluding hydrogens is 302 g/mol. The van der Waals surface area contributed by atoms with Gasteiger partial charge >= 0.3 is 0 Å². The fraction of sp³-hybridized carbons (Fsp3) is 0.900. The third-order valence-electron chi connectivity index (χ3n) is 3.70. The van der Waals surface area contributed by atoms with Crippen molar-refractivity contribution in [2.75, 3.05) is 19.8 Å². The molecule has 0 unspecified atom stereocenters. The molecule has 0 aliphatic rings. The Kier molecular flexibility index (Phi) is 21.3. The second-order valence-electron chi connectivity index (χ2n) is 6.29. The van der Waals surface area contributed by atoms with E-state index in [2.05, 4.69) is 5.32 Å². The van der Waals surface area contributed by atoms with Crippen LogP contribution in [0.5, 0.6) is 0 Å². The topological polar surface area (TPSA) is 55.4 Å². The summed E-state index contributed by atoms with van der Waals surface area (Å²) in [5.41, 5.74) is 0. The van der Waals surface area contributed by atoms with Gasteiger partial charge in [0.25, 0.3) is 0 Å². The van der Waals surface area contributed by atoms with Gasteiger partial charge in [-0.15, -0.1) is 0 Å². The molecule has 0 aromatic rings. The normalized spacial score (nSPS) is 10.2. The van der Waals surface area contributed by atoms with E-state index in [0.717, 1.165) is 58.3 Å². The molecule has 0 spiro atoms. The van der Waals surface area contributed by atoms with Crippen LogP contribution in [-0.2, 0) is 14.3 Å². The van der Waals surface area contributed by atoms with Gasteiger partial charge < -0.3 is 10.1 Å². The van der Waals surface area contributed by atoms with Crippen LogP contribution < -0.4 is 5.32 Å². The fourth-order valence-electron chi connectivity index (χ4n) is 2.19. The van der Waals surface area contributed by atoms with Crippen LogP contribution in [0.2, 0.25) is 0 Å². The highest BCUT2D eigenvalue weighted by molar-refractivity contribution is 5.80. The highest BCUT2D eigenvalue weighted by Crippen LogP contribution is 2.07. The van der Waals surface area contributed by atoms with Crippen molar-refractivity contribution >= 4 is 11.7 Å². The highest BCUT2D eigenvalue weighted by Gasteiger charge is 2.05. The van der Waals surface area contributed by atoms with Crippen molar-refractivity contribution in [2.24, 2.45) is 5.92 Å². The summed E-state index contributed by atoms with van der Waals surface area (Å²) in [4.78, 5) is 22.1. The first kappa shape index (κ1) is 25.3. The van der Waals surface area contributed by atoms with Crippen LogP contribution >= 0.6 is 0 Å². The molecule has 4 heteroatoms. The summed E-state index contributed by atoms with van der Waals surface area (Å²) in [5.74, 6) is 0.607. The van der Waals surface area contributed by atoms with Crippen molar-refractivity contribution in [3.63, 3.8) is 0 Å². The van der Waals surface area contributed by atoms with E-state index in [4.69, 9.17) is 4.74 Å². The van der Waals surface area contributed by atoms with Gasteiger partial charge in [-0.2, -0.15) is 0 Å².